The zero-order valence-corrected chi connectivity index (χ0v) is 18.0. The zero-order valence-electron chi connectivity index (χ0n) is 16.5. The Hall–Kier alpha value is -2.82. The van der Waals surface area contributed by atoms with Crippen molar-refractivity contribution in [1.29, 1.82) is 0 Å². The van der Waals surface area contributed by atoms with Crippen molar-refractivity contribution in [3.05, 3.63) is 106 Å². The van der Waals surface area contributed by atoms with Crippen molar-refractivity contribution in [2.24, 2.45) is 0 Å². The fourth-order valence-corrected chi connectivity index (χ4v) is 3.49. The first-order valence-corrected chi connectivity index (χ1v) is 10.3. The van der Waals surface area contributed by atoms with Gasteiger partial charge >= 0.3 is 0 Å². The summed E-state index contributed by atoms with van der Waals surface area (Å²) in [7, 11) is 1.57. The minimum absolute atomic E-state index is 0.158. The molecule has 0 saturated heterocycles. The SMILES string of the molecule is CNC(=O)[C@H](c1ccccc1)N(Cc1ccc(Cl)cc1)C(=O)Cc1ccc(Cl)cc1. The second-order valence-electron chi connectivity index (χ2n) is 6.88. The number of rotatable bonds is 7. The Morgan fingerprint density at radius 3 is 1.90 bits per heavy atom. The smallest absolute Gasteiger partial charge is 0.247 e. The molecular formula is C24H22Cl2N2O2. The Morgan fingerprint density at radius 1 is 0.833 bits per heavy atom. The van der Waals surface area contributed by atoms with Crippen molar-refractivity contribution in [2.75, 3.05) is 7.05 Å². The Labute approximate surface area is 186 Å². The van der Waals surface area contributed by atoms with Crippen LogP contribution >= 0.6 is 23.2 Å². The molecule has 3 aromatic carbocycles. The molecule has 0 radical (unpaired) electrons. The minimum Gasteiger partial charge on any atom is -0.357 e. The number of carbonyl (C=O) groups excluding carboxylic acids is 2. The van der Waals surface area contributed by atoms with Crippen molar-refractivity contribution in [1.82, 2.24) is 10.2 Å². The maximum Gasteiger partial charge on any atom is 0.247 e. The van der Waals surface area contributed by atoms with Crippen molar-refractivity contribution in [3.8, 4) is 0 Å². The second kappa shape index (κ2) is 10.3. The van der Waals surface area contributed by atoms with E-state index in [9.17, 15) is 9.59 Å². The van der Waals surface area contributed by atoms with Gasteiger partial charge in [-0.05, 0) is 41.0 Å². The number of hydrogen-bond acceptors (Lipinski definition) is 2. The van der Waals surface area contributed by atoms with Crippen LogP contribution in [0, 0.1) is 0 Å². The van der Waals surface area contributed by atoms with Crippen LogP contribution in [0.15, 0.2) is 78.9 Å². The van der Waals surface area contributed by atoms with E-state index in [0.29, 0.717) is 10.0 Å². The van der Waals surface area contributed by atoms with Gasteiger partial charge in [0, 0.05) is 23.6 Å². The summed E-state index contributed by atoms with van der Waals surface area (Å²) < 4.78 is 0. The summed E-state index contributed by atoms with van der Waals surface area (Å²) in [5, 5.41) is 3.92. The van der Waals surface area contributed by atoms with Crippen LogP contribution in [0.4, 0.5) is 0 Å². The molecule has 30 heavy (non-hydrogen) atoms. The Kier molecular flexibility index (Phi) is 7.50. The van der Waals surface area contributed by atoms with E-state index in [-0.39, 0.29) is 24.8 Å². The lowest BCUT2D eigenvalue weighted by Gasteiger charge is -2.31. The van der Waals surface area contributed by atoms with Gasteiger partial charge in [0.25, 0.3) is 0 Å². The minimum atomic E-state index is -0.758. The molecule has 0 saturated carbocycles. The Bertz CT molecular complexity index is 990. The van der Waals surface area contributed by atoms with Crippen molar-refractivity contribution in [2.45, 2.75) is 19.0 Å². The molecule has 0 spiro atoms. The van der Waals surface area contributed by atoms with Crippen LogP contribution in [0.5, 0.6) is 0 Å². The number of nitrogens with zero attached hydrogens (tertiary/aromatic N) is 1. The summed E-state index contributed by atoms with van der Waals surface area (Å²) in [6, 6.07) is 22.9. The highest BCUT2D eigenvalue weighted by Gasteiger charge is 2.30. The average Bonchev–Trinajstić information content (AvgIpc) is 2.76. The summed E-state index contributed by atoms with van der Waals surface area (Å²) in [4.78, 5) is 27.9. The molecule has 0 aliphatic carbocycles. The van der Waals surface area contributed by atoms with Gasteiger partial charge in [0.1, 0.15) is 6.04 Å². The molecule has 1 atom stereocenters. The molecule has 0 unspecified atom stereocenters. The van der Waals surface area contributed by atoms with Crippen LogP contribution < -0.4 is 5.32 Å². The third-order valence-electron chi connectivity index (χ3n) is 4.78. The van der Waals surface area contributed by atoms with E-state index >= 15 is 0 Å². The van der Waals surface area contributed by atoms with Crippen molar-refractivity contribution in [3.63, 3.8) is 0 Å². The van der Waals surface area contributed by atoms with Gasteiger partial charge in [-0.15, -0.1) is 0 Å². The second-order valence-corrected chi connectivity index (χ2v) is 7.75. The Balaban J connectivity index is 1.97. The lowest BCUT2D eigenvalue weighted by Crippen LogP contribution is -2.43. The summed E-state index contributed by atoms with van der Waals surface area (Å²) in [6.07, 6.45) is 0.158. The molecular weight excluding hydrogens is 419 g/mol. The summed E-state index contributed by atoms with van der Waals surface area (Å²) in [6.45, 7) is 0.274. The van der Waals surface area contributed by atoms with Gasteiger partial charge in [-0.2, -0.15) is 0 Å². The van der Waals surface area contributed by atoms with Gasteiger partial charge in [-0.1, -0.05) is 77.8 Å². The Morgan fingerprint density at radius 2 is 1.37 bits per heavy atom. The van der Waals surface area contributed by atoms with Crippen LogP contribution in [0.2, 0.25) is 10.0 Å². The molecule has 1 N–H and O–H groups in total. The van der Waals surface area contributed by atoms with Crippen molar-refractivity contribution >= 4 is 35.0 Å². The number of halogens is 2. The first kappa shape index (κ1) is 21.9. The highest BCUT2D eigenvalue weighted by atomic mass is 35.5. The summed E-state index contributed by atoms with van der Waals surface area (Å²) in [5.74, 6) is -0.413. The maximum absolute atomic E-state index is 13.4. The highest BCUT2D eigenvalue weighted by molar-refractivity contribution is 6.30. The largest absolute Gasteiger partial charge is 0.357 e. The molecule has 3 rings (SSSR count). The zero-order chi connectivity index (χ0) is 21.5. The lowest BCUT2D eigenvalue weighted by atomic mass is 10.0. The predicted octanol–water partition coefficient (Wildman–Crippen LogP) is 5.05. The first-order chi connectivity index (χ1) is 14.5. The van der Waals surface area contributed by atoms with E-state index in [4.69, 9.17) is 23.2 Å². The van der Waals surface area contributed by atoms with Crippen LogP contribution in [0.25, 0.3) is 0 Å². The molecule has 0 heterocycles. The van der Waals surface area contributed by atoms with Gasteiger partial charge in [-0.25, -0.2) is 0 Å². The first-order valence-electron chi connectivity index (χ1n) is 9.53. The third-order valence-corrected chi connectivity index (χ3v) is 5.28. The summed E-state index contributed by atoms with van der Waals surface area (Å²) >= 11 is 12.0. The van der Waals surface area contributed by atoms with E-state index in [0.717, 1.165) is 16.7 Å². The van der Waals surface area contributed by atoms with Crippen LogP contribution in [0.3, 0.4) is 0 Å². The number of hydrogen-bond donors (Lipinski definition) is 1. The predicted molar refractivity (Wildman–Crippen MR) is 120 cm³/mol. The molecule has 2 amide bonds. The van der Waals surface area contributed by atoms with E-state index in [1.807, 2.05) is 54.6 Å². The molecule has 0 aliphatic rings. The molecule has 3 aromatic rings. The van der Waals surface area contributed by atoms with E-state index in [1.165, 1.54) is 0 Å². The number of carbonyl (C=O) groups is 2. The standard InChI is InChI=1S/C24H22Cl2N2O2/c1-27-24(30)23(19-5-3-2-4-6-19)28(16-18-9-13-21(26)14-10-18)22(29)15-17-7-11-20(25)12-8-17/h2-14,23H,15-16H2,1H3,(H,27,30)/t23-/m0/s1. The quantitative estimate of drug-likeness (QED) is 0.558. The van der Waals surface area contributed by atoms with Gasteiger partial charge < -0.3 is 10.2 Å². The maximum atomic E-state index is 13.4. The lowest BCUT2D eigenvalue weighted by molar-refractivity contribution is -0.141. The van der Waals surface area contributed by atoms with E-state index in [2.05, 4.69) is 5.32 Å². The molecule has 0 fully saturated rings. The van der Waals surface area contributed by atoms with Crippen LogP contribution in [-0.4, -0.2) is 23.8 Å². The molecule has 0 aromatic heterocycles. The topological polar surface area (TPSA) is 49.4 Å². The number of amides is 2. The number of benzene rings is 3. The fraction of sp³-hybridized carbons (Fsp3) is 0.167. The fourth-order valence-electron chi connectivity index (χ4n) is 3.23. The van der Waals surface area contributed by atoms with Gasteiger partial charge in [0.2, 0.25) is 11.8 Å². The molecule has 154 valence electrons. The van der Waals surface area contributed by atoms with E-state index in [1.54, 1.807) is 36.2 Å². The van der Waals surface area contributed by atoms with Gasteiger partial charge in [0.05, 0.1) is 6.42 Å². The van der Waals surface area contributed by atoms with Crippen molar-refractivity contribution < 1.29 is 9.59 Å². The number of likely N-dealkylation sites (N-methyl/N-ethyl adjacent to an activating group) is 1. The molecule has 6 heteroatoms. The third kappa shape index (κ3) is 5.62. The monoisotopic (exact) mass is 440 g/mol. The normalized spacial score (nSPS) is 11.6. The highest BCUT2D eigenvalue weighted by Crippen LogP contribution is 2.25. The van der Waals surface area contributed by atoms with Crippen LogP contribution in [-0.2, 0) is 22.6 Å². The van der Waals surface area contributed by atoms with Gasteiger partial charge in [-0.3, -0.25) is 9.59 Å². The molecule has 4 nitrogen and oxygen atoms in total. The molecule has 0 bridgehead atoms. The summed E-state index contributed by atoms with van der Waals surface area (Å²) in [5.41, 5.74) is 2.46. The average molecular weight is 441 g/mol. The van der Waals surface area contributed by atoms with E-state index < -0.39 is 6.04 Å². The van der Waals surface area contributed by atoms with Gasteiger partial charge in [0.15, 0.2) is 0 Å². The molecule has 0 aliphatic heterocycles. The van der Waals surface area contributed by atoms with Crippen LogP contribution in [0.1, 0.15) is 22.7 Å². The number of nitrogens with one attached hydrogen (secondary N) is 1.